The molecule has 1 aromatic carbocycles. The predicted octanol–water partition coefficient (Wildman–Crippen LogP) is 4.24. The van der Waals surface area contributed by atoms with Crippen molar-refractivity contribution in [2.24, 2.45) is 0 Å². The lowest BCUT2D eigenvalue weighted by Crippen LogP contribution is -2.50. The maximum absolute atomic E-state index is 13.3. The number of nitrogens with zero attached hydrogens (tertiary/aromatic N) is 3. The number of carbonyl (C=O) groups is 2. The van der Waals surface area contributed by atoms with Crippen molar-refractivity contribution in [3.63, 3.8) is 0 Å². The van der Waals surface area contributed by atoms with Gasteiger partial charge in [0.25, 0.3) is 5.91 Å². The molecule has 11 heteroatoms. The van der Waals surface area contributed by atoms with E-state index in [0.29, 0.717) is 25.3 Å². The van der Waals surface area contributed by atoms with Crippen molar-refractivity contribution in [2.45, 2.75) is 43.8 Å². The van der Waals surface area contributed by atoms with Crippen LogP contribution in [0.15, 0.2) is 61.1 Å². The van der Waals surface area contributed by atoms with Gasteiger partial charge in [-0.15, -0.1) is 0 Å². The van der Waals surface area contributed by atoms with E-state index < -0.39 is 12.1 Å². The number of carboxylic acids is 1. The van der Waals surface area contributed by atoms with Crippen molar-refractivity contribution in [3.8, 4) is 0 Å². The topological polar surface area (TPSA) is 102 Å². The number of hydrogen-bond acceptors (Lipinski definition) is 6. The van der Waals surface area contributed by atoms with Gasteiger partial charge in [0.05, 0.1) is 42.5 Å². The minimum absolute atomic E-state index is 0.0294. The number of fused-ring (bicyclic) bond motifs is 1. The number of aromatic nitrogens is 2. The van der Waals surface area contributed by atoms with Crippen LogP contribution < -0.4 is 0 Å². The molecule has 2 aliphatic rings. The van der Waals surface area contributed by atoms with Crippen molar-refractivity contribution < 1.29 is 37.3 Å². The van der Waals surface area contributed by atoms with E-state index in [2.05, 4.69) is 9.97 Å². The second-order valence-corrected chi connectivity index (χ2v) is 9.01. The summed E-state index contributed by atoms with van der Waals surface area (Å²) in [4.78, 5) is 32.7. The van der Waals surface area contributed by atoms with Gasteiger partial charge in [-0.1, -0.05) is 24.3 Å². The molecule has 5 rings (SSSR count). The lowest BCUT2D eigenvalue weighted by atomic mass is 9.89. The third kappa shape index (κ3) is 6.60. The first-order valence-corrected chi connectivity index (χ1v) is 11.7. The number of ether oxygens (including phenoxy) is 2. The van der Waals surface area contributed by atoms with Crippen molar-refractivity contribution in [3.05, 3.63) is 72.2 Å². The average molecular weight is 518 g/mol. The number of pyridine rings is 2. The van der Waals surface area contributed by atoms with E-state index in [-0.39, 0.29) is 17.6 Å². The van der Waals surface area contributed by atoms with E-state index >= 15 is 0 Å². The molecule has 0 saturated carbocycles. The van der Waals surface area contributed by atoms with Crippen LogP contribution in [0.2, 0.25) is 0 Å². The predicted molar refractivity (Wildman–Crippen MR) is 127 cm³/mol. The Bertz CT molecular complexity index is 1240. The normalized spacial score (nSPS) is 21.5. The Balaban J connectivity index is 0.000000405. The highest BCUT2D eigenvalue weighted by molar-refractivity contribution is 6.05. The van der Waals surface area contributed by atoms with Crippen molar-refractivity contribution >= 4 is 22.8 Å². The minimum Gasteiger partial charge on any atom is -0.475 e. The molecule has 2 atom stereocenters. The number of halogens is 3. The summed E-state index contributed by atoms with van der Waals surface area (Å²) in [6.45, 7) is 2.44. The summed E-state index contributed by atoms with van der Waals surface area (Å²) in [6.07, 6.45) is 2.98. The smallest absolute Gasteiger partial charge is 0.475 e. The summed E-state index contributed by atoms with van der Waals surface area (Å²) in [5, 5.41) is 8.11. The number of likely N-dealkylation sites (tertiary alicyclic amines) is 1. The number of piperidine rings is 1. The van der Waals surface area contributed by atoms with Crippen molar-refractivity contribution in [1.29, 1.82) is 0 Å². The molecule has 37 heavy (non-hydrogen) atoms. The van der Waals surface area contributed by atoms with E-state index in [1.165, 1.54) is 0 Å². The highest BCUT2D eigenvalue weighted by Crippen LogP contribution is 2.36. The van der Waals surface area contributed by atoms with Crippen LogP contribution in [0, 0.1) is 0 Å². The molecule has 3 aromatic rings. The molecule has 2 aromatic heterocycles. The lowest BCUT2D eigenvalue weighted by Gasteiger charge is -2.39. The maximum Gasteiger partial charge on any atom is 0.490 e. The zero-order valence-corrected chi connectivity index (χ0v) is 19.9. The van der Waals surface area contributed by atoms with Crippen LogP contribution in [0.4, 0.5) is 13.2 Å². The zero-order chi connectivity index (χ0) is 26.5. The zero-order valence-electron chi connectivity index (χ0n) is 19.9. The summed E-state index contributed by atoms with van der Waals surface area (Å²) in [7, 11) is 0. The molecule has 8 nitrogen and oxygen atoms in total. The standard InChI is InChI=1S/C24H25N3O3.C2HF3O2/c28-23(21-8-1-6-19-7-3-11-26-22(19)21)27-12-4-9-24(17-27)13-20(16-30-24)29-15-18-5-2-10-25-14-18;3-2(4,5)1(6)7/h1-3,5-8,10-11,14,20H,4,9,12-13,15-17H2;(H,6,7). The molecule has 2 fully saturated rings. The number of carboxylic acid groups (broad SMARTS) is 1. The number of benzene rings is 1. The molecule has 1 spiro atoms. The van der Waals surface area contributed by atoms with Crippen molar-refractivity contribution in [2.75, 3.05) is 19.7 Å². The highest BCUT2D eigenvalue weighted by atomic mass is 19.4. The summed E-state index contributed by atoms with van der Waals surface area (Å²) < 4.78 is 44.0. The molecule has 0 radical (unpaired) electrons. The Kier molecular flexibility index (Phi) is 8.03. The summed E-state index contributed by atoms with van der Waals surface area (Å²) in [6, 6.07) is 13.6. The molecule has 2 saturated heterocycles. The molecule has 1 N–H and O–H groups in total. The van der Waals surface area contributed by atoms with E-state index in [9.17, 15) is 18.0 Å². The fourth-order valence-corrected chi connectivity index (χ4v) is 4.61. The first kappa shape index (κ1) is 26.5. The van der Waals surface area contributed by atoms with Gasteiger partial charge in [0.2, 0.25) is 0 Å². The second-order valence-electron chi connectivity index (χ2n) is 9.01. The first-order valence-electron chi connectivity index (χ1n) is 11.7. The van der Waals surface area contributed by atoms with Gasteiger partial charge >= 0.3 is 12.1 Å². The van der Waals surface area contributed by atoms with Gasteiger partial charge in [-0.05, 0) is 36.6 Å². The molecule has 2 aliphatic heterocycles. The first-order chi connectivity index (χ1) is 17.7. The highest BCUT2D eigenvalue weighted by Gasteiger charge is 2.45. The molecule has 0 bridgehead atoms. The number of carbonyl (C=O) groups excluding carboxylic acids is 1. The van der Waals surface area contributed by atoms with Gasteiger partial charge in [0, 0.05) is 36.9 Å². The van der Waals surface area contributed by atoms with Gasteiger partial charge in [0.15, 0.2) is 0 Å². The minimum atomic E-state index is -5.08. The van der Waals surface area contributed by atoms with Gasteiger partial charge in [0.1, 0.15) is 0 Å². The van der Waals surface area contributed by atoms with Crippen molar-refractivity contribution in [1.82, 2.24) is 14.9 Å². The molecule has 2 unspecified atom stereocenters. The Morgan fingerprint density at radius 3 is 2.65 bits per heavy atom. The Hall–Kier alpha value is -3.57. The molecule has 4 heterocycles. The maximum atomic E-state index is 13.3. The largest absolute Gasteiger partial charge is 0.490 e. The molecular formula is C26H26F3N3O5. The van der Waals surface area contributed by atoms with Crippen LogP contribution in [-0.4, -0.2) is 69.4 Å². The SMILES string of the molecule is O=C(O)C(F)(F)F.O=C(c1cccc2cccnc12)N1CCCC2(CC(OCc3cccnc3)CO2)C1. The molecule has 1 amide bonds. The van der Waals surface area contributed by atoms with Crippen LogP contribution >= 0.6 is 0 Å². The number of alkyl halides is 3. The number of para-hydroxylation sites is 1. The lowest BCUT2D eigenvalue weighted by molar-refractivity contribution is -0.192. The summed E-state index contributed by atoms with van der Waals surface area (Å²) in [5.74, 6) is -2.73. The fraction of sp³-hybridized carbons (Fsp3) is 0.385. The Morgan fingerprint density at radius 1 is 1.16 bits per heavy atom. The van der Waals surface area contributed by atoms with Crippen LogP contribution in [0.5, 0.6) is 0 Å². The van der Waals surface area contributed by atoms with Crippen LogP contribution in [-0.2, 0) is 20.9 Å². The van der Waals surface area contributed by atoms with Gasteiger partial charge in [-0.25, -0.2) is 4.79 Å². The van der Waals surface area contributed by atoms with Crippen LogP contribution in [0.1, 0.15) is 35.2 Å². The number of hydrogen-bond donors (Lipinski definition) is 1. The third-order valence-electron chi connectivity index (χ3n) is 6.32. The monoisotopic (exact) mass is 517 g/mol. The second kappa shape index (κ2) is 11.2. The van der Waals surface area contributed by atoms with Crippen LogP contribution in [0.3, 0.4) is 0 Å². The summed E-state index contributed by atoms with van der Waals surface area (Å²) >= 11 is 0. The fourth-order valence-electron chi connectivity index (χ4n) is 4.61. The van der Waals surface area contributed by atoms with E-state index in [1.807, 2.05) is 53.6 Å². The molecule has 196 valence electrons. The van der Waals surface area contributed by atoms with Gasteiger partial charge in [-0.3, -0.25) is 14.8 Å². The number of amides is 1. The van der Waals surface area contributed by atoms with Gasteiger partial charge in [-0.2, -0.15) is 13.2 Å². The third-order valence-corrected chi connectivity index (χ3v) is 6.32. The quantitative estimate of drug-likeness (QED) is 0.552. The summed E-state index contributed by atoms with van der Waals surface area (Å²) in [5.41, 5.74) is 2.16. The Morgan fingerprint density at radius 2 is 1.92 bits per heavy atom. The number of rotatable bonds is 4. The van der Waals surface area contributed by atoms with E-state index in [4.69, 9.17) is 19.4 Å². The van der Waals surface area contributed by atoms with E-state index in [1.54, 1.807) is 12.4 Å². The van der Waals surface area contributed by atoms with Crippen LogP contribution in [0.25, 0.3) is 10.9 Å². The number of aliphatic carboxylic acids is 1. The average Bonchev–Trinajstić information content (AvgIpc) is 3.28. The van der Waals surface area contributed by atoms with Gasteiger partial charge < -0.3 is 19.5 Å². The molecule has 0 aliphatic carbocycles. The van der Waals surface area contributed by atoms with E-state index in [0.717, 1.165) is 42.3 Å². The molecular weight excluding hydrogens is 491 g/mol. The Labute approximate surface area is 211 Å².